The van der Waals surface area contributed by atoms with Crippen LogP contribution in [0.15, 0.2) is 18.2 Å². The molecule has 0 spiro atoms. The van der Waals surface area contributed by atoms with Gasteiger partial charge in [0.05, 0.1) is 5.56 Å². The maximum absolute atomic E-state index is 12.1. The van der Waals surface area contributed by atoms with E-state index in [0.29, 0.717) is 0 Å². The second-order valence-electron chi connectivity index (χ2n) is 5.30. The van der Waals surface area contributed by atoms with Crippen molar-refractivity contribution in [3.05, 3.63) is 23.8 Å². The second kappa shape index (κ2) is 5.95. The molecule has 2 rings (SSSR count). The summed E-state index contributed by atoms with van der Waals surface area (Å²) in [5, 5.41) is 21.9. The topological polar surface area (TPSA) is 69.6 Å². The molecule has 0 saturated heterocycles. The summed E-state index contributed by atoms with van der Waals surface area (Å²) in [5.74, 6) is 0.353. The minimum Gasteiger partial charge on any atom is -0.508 e. The number of aromatic hydroxyl groups is 2. The lowest BCUT2D eigenvalue weighted by Gasteiger charge is -2.28. The van der Waals surface area contributed by atoms with E-state index < -0.39 is 0 Å². The van der Waals surface area contributed by atoms with Gasteiger partial charge in [-0.3, -0.25) is 4.79 Å². The van der Waals surface area contributed by atoms with Crippen molar-refractivity contribution in [1.29, 1.82) is 0 Å². The fraction of sp³-hybridized carbons (Fsp3) is 0.533. The van der Waals surface area contributed by atoms with Crippen LogP contribution < -0.4 is 5.32 Å². The highest BCUT2D eigenvalue weighted by Crippen LogP contribution is 2.27. The maximum atomic E-state index is 12.1. The van der Waals surface area contributed by atoms with Gasteiger partial charge >= 0.3 is 0 Å². The summed E-state index contributed by atoms with van der Waals surface area (Å²) in [4.78, 5) is 12.1. The van der Waals surface area contributed by atoms with E-state index in [1.807, 2.05) is 0 Å². The highest BCUT2D eigenvalue weighted by molar-refractivity contribution is 5.97. The lowest BCUT2D eigenvalue weighted by molar-refractivity contribution is 0.0918. The van der Waals surface area contributed by atoms with E-state index in [2.05, 4.69) is 12.2 Å². The van der Waals surface area contributed by atoms with Crippen LogP contribution in [0.4, 0.5) is 0 Å². The minimum atomic E-state index is -0.312. The lowest BCUT2D eigenvalue weighted by Crippen LogP contribution is -2.37. The summed E-state index contributed by atoms with van der Waals surface area (Å²) < 4.78 is 0. The lowest BCUT2D eigenvalue weighted by atomic mass is 9.84. The number of benzene rings is 1. The predicted octanol–water partition coefficient (Wildman–Crippen LogP) is 2.80. The normalized spacial score (nSPS) is 23.0. The number of phenolic OH excluding ortho intramolecular Hbond substituents is 2. The van der Waals surface area contributed by atoms with Gasteiger partial charge in [0.15, 0.2) is 0 Å². The van der Waals surface area contributed by atoms with Crippen LogP contribution >= 0.6 is 0 Å². The summed E-state index contributed by atoms with van der Waals surface area (Å²) in [7, 11) is 0. The monoisotopic (exact) mass is 263 g/mol. The Morgan fingerprint density at radius 1 is 1.26 bits per heavy atom. The molecular weight excluding hydrogens is 242 g/mol. The van der Waals surface area contributed by atoms with E-state index in [-0.39, 0.29) is 29.0 Å². The van der Waals surface area contributed by atoms with Gasteiger partial charge in [-0.25, -0.2) is 0 Å². The number of carbonyl (C=O) groups excluding carboxylic acids is 1. The van der Waals surface area contributed by atoms with Crippen molar-refractivity contribution >= 4 is 5.91 Å². The van der Waals surface area contributed by atoms with Crippen molar-refractivity contribution in [3.8, 4) is 11.5 Å². The number of rotatable bonds is 3. The average Bonchev–Trinajstić information content (AvgIpc) is 2.42. The van der Waals surface area contributed by atoms with Gasteiger partial charge in [-0.1, -0.05) is 13.3 Å². The van der Waals surface area contributed by atoms with Crippen LogP contribution in [0.5, 0.6) is 11.5 Å². The summed E-state index contributed by atoms with van der Waals surface area (Å²) in [6.07, 6.45) is 5.47. The Bertz CT molecular complexity index is 451. The average molecular weight is 263 g/mol. The van der Waals surface area contributed by atoms with Crippen molar-refractivity contribution in [2.75, 3.05) is 0 Å². The third kappa shape index (κ3) is 3.40. The van der Waals surface area contributed by atoms with Crippen molar-refractivity contribution in [2.45, 2.75) is 45.1 Å². The molecule has 0 bridgehead atoms. The van der Waals surface area contributed by atoms with Gasteiger partial charge in [-0.05, 0) is 49.8 Å². The predicted molar refractivity (Wildman–Crippen MR) is 73.3 cm³/mol. The standard InChI is InChI=1S/C15H21NO3/c1-2-10-3-5-11(6-4-10)16-15(19)13-9-12(17)7-8-14(13)18/h7-11,17-18H,2-6H2,1H3,(H,16,19). The SMILES string of the molecule is CCC1CCC(NC(=O)c2cc(O)ccc2O)CC1. The Kier molecular flexibility index (Phi) is 4.30. The number of hydrogen-bond donors (Lipinski definition) is 3. The fourth-order valence-electron chi connectivity index (χ4n) is 2.68. The number of nitrogens with one attached hydrogen (secondary N) is 1. The first kappa shape index (κ1) is 13.7. The van der Waals surface area contributed by atoms with Crippen LogP contribution in [-0.4, -0.2) is 22.2 Å². The van der Waals surface area contributed by atoms with Gasteiger partial charge in [0.2, 0.25) is 0 Å². The Morgan fingerprint density at radius 3 is 2.58 bits per heavy atom. The molecule has 0 aliphatic heterocycles. The third-order valence-electron chi connectivity index (χ3n) is 3.98. The number of carbonyl (C=O) groups is 1. The maximum Gasteiger partial charge on any atom is 0.255 e. The second-order valence-corrected chi connectivity index (χ2v) is 5.30. The largest absolute Gasteiger partial charge is 0.508 e. The quantitative estimate of drug-likeness (QED) is 0.734. The molecule has 4 nitrogen and oxygen atoms in total. The molecule has 1 fully saturated rings. The molecule has 0 radical (unpaired) electrons. The van der Waals surface area contributed by atoms with E-state index in [9.17, 15) is 15.0 Å². The molecule has 0 heterocycles. The summed E-state index contributed by atoms with van der Waals surface area (Å²) >= 11 is 0. The van der Waals surface area contributed by atoms with Crippen molar-refractivity contribution < 1.29 is 15.0 Å². The van der Waals surface area contributed by atoms with E-state index in [1.165, 1.54) is 24.6 Å². The fourth-order valence-corrected chi connectivity index (χ4v) is 2.68. The molecule has 19 heavy (non-hydrogen) atoms. The van der Waals surface area contributed by atoms with Gasteiger partial charge in [0, 0.05) is 6.04 Å². The highest BCUT2D eigenvalue weighted by Gasteiger charge is 2.22. The third-order valence-corrected chi connectivity index (χ3v) is 3.98. The van der Waals surface area contributed by atoms with Gasteiger partial charge in [0.1, 0.15) is 11.5 Å². The van der Waals surface area contributed by atoms with E-state index in [1.54, 1.807) is 0 Å². The molecule has 0 atom stereocenters. The zero-order chi connectivity index (χ0) is 13.8. The van der Waals surface area contributed by atoms with Crippen molar-refractivity contribution in [2.24, 2.45) is 5.92 Å². The molecule has 4 heteroatoms. The summed E-state index contributed by atoms with van der Waals surface area (Å²) in [6.45, 7) is 2.20. The zero-order valence-corrected chi connectivity index (χ0v) is 11.2. The van der Waals surface area contributed by atoms with Crippen LogP contribution in [-0.2, 0) is 0 Å². The van der Waals surface area contributed by atoms with Crippen LogP contribution in [0.25, 0.3) is 0 Å². The Hall–Kier alpha value is -1.71. The van der Waals surface area contributed by atoms with Crippen molar-refractivity contribution in [3.63, 3.8) is 0 Å². The minimum absolute atomic E-state index is 0.0161. The first-order valence-electron chi connectivity index (χ1n) is 6.93. The van der Waals surface area contributed by atoms with E-state index in [4.69, 9.17) is 0 Å². The molecule has 0 unspecified atom stereocenters. The Balaban J connectivity index is 1.96. The molecular formula is C15H21NO3. The summed E-state index contributed by atoms with van der Waals surface area (Å²) in [5.41, 5.74) is 0.137. The molecule has 1 aliphatic rings. The summed E-state index contributed by atoms with van der Waals surface area (Å²) in [6, 6.07) is 4.16. The van der Waals surface area contributed by atoms with Crippen LogP contribution in [0.3, 0.4) is 0 Å². The van der Waals surface area contributed by atoms with Crippen LogP contribution in [0.2, 0.25) is 0 Å². The number of phenols is 2. The molecule has 3 N–H and O–H groups in total. The first-order chi connectivity index (χ1) is 9.10. The molecule has 1 aromatic rings. The number of hydrogen-bond acceptors (Lipinski definition) is 3. The zero-order valence-electron chi connectivity index (χ0n) is 11.2. The Labute approximate surface area is 113 Å². The first-order valence-corrected chi connectivity index (χ1v) is 6.93. The molecule has 1 saturated carbocycles. The van der Waals surface area contributed by atoms with Crippen LogP contribution in [0.1, 0.15) is 49.4 Å². The Morgan fingerprint density at radius 2 is 1.95 bits per heavy atom. The van der Waals surface area contributed by atoms with E-state index in [0.717, 1.165) is 31.6 Å². The number of amides is 1. The van der Waals surface area contributed by atoms with Crippen molar-refractivity contribution in [1.82, 2.24) is 5.32 Å². The molecule has 1 aliphatic carbocycles. The highest BCUT2D eigenvalue weighted by atomic mass is 16.3. The molecule has 1 aromatic carbocycles. The van der Waals surface area contributed by atoms with Gasteiger partial charge in [-0.2, -0.15) is 0 Å². The van der Waals surface area contributed by atoms with Gasteiger partial charge in [-0.15, -0.1) is 0 Å². The van der Waals surface area contributed by atoms with Gasteiger partial charge < -0.3 is 15.5 Å². The smallest absolute Gasteiger partial charge is 0.255 e. The van der Waals surface area contributed by atoms with E-state index >= 15 is 0 Å². The van der Waals surface area contributed by atoms with Gasteiger partial charge in [0.25, 0.3) is 5.91 Å². The molecule has 0 aromatic heterocycles. The molecule has 1 amide bonds. The van der Waals surface area contributed by atoms with Crippen LogP contribution in [0, 0.1) is 5.92 Å². The molecule has 104 valence electrons.